The van der Waals surface area contributed by atoms with Gasteiger partial charge in [0.05, 0.1) is 6.54 Å². The number of nitrogens with one attached hydrogen (secondary N) is 2. The molecule has 2 aliphatic heterocycles. The molecule has 9 heteroatoms. The molecular weight excluding hydrogens is 371 g/mol. The molecule has 0 saturated carbocycles. The highest BCUT2D eigenvalue weighted by molar-refractivity contribution is 5.95. The number of alkyl halides is 3. The van der Waals surface area contributed by atoms with E-state index in [9.17, 15) is 18.0 Å². The molecule has 2 aliphatic rings. The van der Waals surface area contributed by atoms with Crippen LogP contribution in [0.2, 0.25) is 0 Å². The number of guanidine groups is 1. The van der Waals surface area contributed by atoms with E-state index in [4.69, 9.17) is 0 Å². The smallest absolute Gasteiger partial charge is 0.352 e. The van der Waals surface area contributed by atoms with Crippen molar-refractivity contribution in [2.75, 3.05) is 38.1 Å². The number of halogens is 3. The van der Waals surface area contributed by atoms with Gasteiger partial charge in [0.1, 0.15) is 0 Å². The van der Waals surface area contributed by atoms with Gasteiger partial charge < -0.3 is 15.5 Å². The van der Waals surface area contributed by atoms with Gasteiger partial charge in [-0.15, -0.1) is 0 Å². The third-order valence-electron chi connectivity index (χ3n) is 5.02. The molecule has 0 bridgehead atoms. The van der Waals surface area contributed by atoms with Crippen molar-refractivity contribution in [3.63, 3.8) is 0 Å². The van der Waals surface area contributed by atoms with Gasteiger partial charge in [-0.25, -0.2) is 0 Å². The SMILES string of the molecule is CN=C(NCc1ccc(N2CCCC2=O)cc1)NC1CCN(CC(F)(F)F)C1. The molecule has 0 aliphatic carbocycles. The number of hydrogen-bond acceptors (Lipinski definition) is 3. The molecule has 1 aromatic carbocycles. The quantitative estimate of drug-likeness (QED) is 0.590. The topological polar surface area (TPSA) is 60.0 Å². The lowest BCUT2D eigenvalue weighted by Gasteiger charge is -2.20. The summed E-state index contributed by atoms with van der Waals surface area (Å²) in [6, 6.07) is 7.73. The molecule has 2 heterocycles. The van der Waals surface area contributed by atoms with Gasteiger partial charge in [0, 0.05) is 51.4 Å². The number of nitrogens with zero attached hydrogens (tertiary/aromatic N) is 3. The van der Waals surface area contributed by atoms with Crippen molar-refractivity contribution in [3.8, 4) is 0 Å². The molecule has 1 amide bonds. The van der Waals surface area contributed by atoms with Crippen LogP contribution in [0.15, 0.2) is 29.3 Å². The first kappa shape index (κ1) is 20.4. The minimum Gasteiger partial charge on any atom is -0.352 e. The van der Waals surface area contributed by atoms with Crippen molar-refractivity contribution in [3.05, 3.63) is 29.8 Å². The van der Waals surface area contributed by atoms with Crippen LogP contribution < -0.4 is 15.5 Å². The minimum atomic E-state index is -4.17. The summed E-state index contributed by atoms with van der Waals surface area (Å²) in [4.78, 5) is 19.2. The van der Waals surface area contributed by atoms with Gasteiger partial charge >= 0.3 is 6.18 Å². The number of carbonyl (C=O) groups excluding carboxylic acids is 1. The fourth-order valence-electron chi connectivity index (χ4n) is 3.64. The van der Waals surface area contributed by atoms with Crippen LogP contribution in [0.3, 0.4) is 0 Å². The lowest BCUT2D eigenvalue weighted by molar-refractivity contribution is -0.143. The Bertz CT molecular complexity index is 705. The number of likely N-dealkylation sites (tertiary alicyclic amines) is 1. The molecule has 1 atom stereocenters. The first-order chi connectivity index (χ1) is 13.3. The number of anilines is 1. The lowest BCUT2D eigenvalue weighted by atomic mass is 10.2. The zero-order valence-electron chi connectivity index (χ0n) is 15.9. The molecule has 6 nitrogen and oxygen atoms in total. The minimum absolute atomic E-state index is 0.0582. The average Bonchev–Trinajstić information content (AvgIpc) is 3.26. The number of rotatable bonds is 5. The van der Waals surface area contributed by atoms with E-state index < -0.39 is 12.7 Å². The molecule has 2 fully saturated rings. The van der Waals surface area contributed by atoms with Gasteiger partial charge in [-0.3, -0.25) is 14.7 Å². The number of benzene rings is 1. The molecule has 0 radical (unpaired) electrons. The van der Waals surface area contributed by atoms with Gasteiger partial charge in [-0.1, -0.05) is 12.1 Å². The fourth-order valence-corrected chi connectivity index (χ4v) is 3.64. The fraction of sp³-hybridized carbons (Fsp3) is 0.579. The lowest BCUT2D eigenvalue weighted by Crippen LogP contribution is -2.44. The Morgan fingerprint density at radius 3 is 2.61 bits per heavy atom. The largest absolute Gasteiger partial charge is 0.401 e. The van der Waals surface area contributed by atoms with E-state index in [-0.39, 0.29) is 11.9 Å². The van der Waals surface area contributed by atoms with E-state index in [1.165, 1.54) is 4.90 Å². The Morgan fingerprint density at radius 1 is 1.25 bits per heavy atom. The summed E-state index contributed by atoms with van der Waals surface area (Å²) in [5.41, 5.74) is 1.94. The van der Waals surface area contributed by atoms with Gasteiger partial charge in [0.15, 0.2) is 5.96 Å². The van der Waals surface area contributed by atoms with Gasteiger partial charge in [0.25, 0.3) is 0 Å². The average molecular weight is 397 g/mol. The number of carbonyl (C=O) groups is 1. The molecule has 2 saturated heterocycles. The van der Waals surface area contributed by atoms with Gasteiger partial charge in [0.2, 0.25) is 5.91 Å². The monoisotopic (exact) mass is 397 g/mol. The third-order valence-corrected chi connectivity index (χ3v) is 5.02. The van der Waals surface area contributed by atoms with Crippen LogP contribution in [0.5, 0.6) is 0 Å². The van der Waals surface area contributed by atoms with Crippen LogP contribution in [0.25, 0.3) is 0 Å². The second kappa shape index (κ2) is 8.81. The Morgan fingerprint density at radius 2 is 2.00 bits per heavy atom. The Kier molecular flexibility index (Phi) is 6.43. The molecule has 1 aromatic rings. The van der Waals surface area contributed by atoms with Crippen molar-refractivity contribution >= 4 is 17.6 Å². The van der Waals surface area contributed by atoms with E-state index >= 15 is 0 Å². The van der Waals surface area contributed by atoms with Gasteiger partial charge in [-0.05, 0) is 30.5 Å². The van der Waals surface area contributed by atoms with E-state index in [1.54, 1.807) is 11.9 Å². The third kappa shape index (κ3) is 5.60. The zero-order valence-corrected chi connectivity index (χ0v) is 15.9. The van der Waals surface area contributed by atoms with E-state index in [2.05, 4.69) is 15.6 Å². The van der Waals surface area contributed by atoms with E-state index in [0.29, 0.717) is 38.4 Å². The van der Waals surface area contributed by atoms with E-state index in [1.807, 2.05) is 24.3 Å². The second-order valence-electron chi connectivity index (χ2n) is 7.22. The maximum absolute atomic E-state index is 12.5. The van der Waals surface area contributed by atoms with Crippen LogP contribution in [0, 0.1) is 0 Å². The van der Waals surface area contributed by atoms with Crippen LogP contribution in [0.4, 0.5) is 18.9 Å². The summed E-state index contributed by atoms with van der Waals surface area (Å²) < 4.78 is 37.5. The standard InChI is InChI=1S/C19H26F3N5O/c1-23-18(25-15-8-10-26(12-15)13-19(20,21)22)24-11-14-4-6-16(7-5-14)27-9-2-3-17(27)28/h4-7,15H,2-3,8-13H2,1H3,(H2,23,24,25). The van der Waals surface area contributed by atoms with Gasteiger partial charge in [-0.2, -0.15) is 13.2 Å². The Labute approximate surface area is 162 Å². The predicted octanol–water partition coefficient (Wildman–Crippen LogP) is 2.11. The van der Waals surface area contributed by atoms with Crippen LogP contribution >= 0.6 is 0 Å². The maximum Gasteiger partial charge on any atom is 0.401 e. The Hall–Kier alpha value is -2.29. The molecule has 0 spiro atoms. The van der Waals surface area contributed by atoms with Crippen molar-refractivity contribution in [2.24, 2.45) is 4.99 Å². The van der Waals surface area contributed by atoms with E-state index in [0.717, 1.165) is 24.2 Å². The molecule has 154 valence electrons. The van der Waals surface area contributed by atoms with Crippen molar-refractivity contribution in [2.45, 2.75) is 38.0 Å². The molecule has 28 heavy (non-hydrogen) atoms. The molecular formula is C19H26F3N5O. The van der Waals surface area contributed by atoms with Crippen LogP contribution in [0.1, 0.15) is 24.8 Å². The van der Waals surface area contributed by atoms with Crippen molar-refractivity contribution in [1.29, 1.82) is 0 Å². The molecule has 0 aromatic heterocycles. The molecule has 2 N–H and O–H groups in total. The summed E-state index contributed by atoms with van der Waals surface area (Å²) in [5.74, 6) is 0.726. The zero-order chi connectivity index (χ0) is 20.1. The number of hydrogen-bond donors (Lipinski definition) is 2. The summed E-state index contributed by atoms with van der Waals surface area (Å²) >= 11 is 0. The molecule has 1 unspecified atom stereocenters. The summed E-state index contributed by atoms with van der Waals surface area (Å²) in [7, 11) is 1.64. The normalized spacial score (nSPS) is 21.4. The number of amides is 1. The van der Waals surface area contributed by atoms with Crippen molar-refractivity contribution in [1.82, 2.24) is 15.5 Å². The number of aliphatic imine (C=N–C) groups is 1. The highest BCUT2D eigenvalue weighted by atomic mass is 19.4. The summed E-state index contributed by atoms with van der Waals surface area (Å²) in [6.45, 7) is 1.19. The summed E-state index contributed by atoms with van der Waals surface area (Å²) in [5, 5.41) is 6.38. The first-order valence-electron chi connectivity index (χ1n) is 9.49. The van der Waals surface area contributed by atoms with Crippen LogP contribution in [-0.4, -0.2) is 62.2 Å². The maximum atomic E-state index is 12.5. The van der Waals surface area contributed by atoms with Crippen LogP contribution in [-0.2, 0) is 11.3 Å². The predicted molar refractivity (Wildman–Crippen MR) is 102 cm³/mol. The highest BCUT2D eigenvalue weighted by Crippen LogP contribution is 2.22. The highest BCUT2D eigenvalue weighted by Gasteiger charge is 2.34. The Balaban J connectivity index is 1.46. The first-order valence-corrected chi connectivity index (χ1v) is 9.49. The van der Waals surface area contributed by atoms with Crippen molar-refractivity contribution < 1.29 is 18.0 Å². The molecule has 3 rings (SSSR count). The summed E-state index contributed by atoms with van der Waals surface area (Å²) in [6.07, 6.45) is -2.02. The second-order valence-corrected chi connectivity index (χ2v) is 7.22.